The van der Waals surface area contributed by atoms with Gasteiger partial charge >= 0.3 is 0 Å². The van der Waals surface area contributed by atoms with Gasteiger partial charge in [0.1, 0.15) is 10.4 Å². The van der Waals surface area contributed by atoms with E-state index in [-0.39, 0.29) is 0 Å². The van der Waals surface area contributed by atoms with Crippen molar-refractivity contribution < 1.29 is 0 Å². The molecule has 3 aromatic rings. The molecule has 118 valence electrons. The molecule has 1 fully saturated rings. The van der Waals surface area contributed by atoms with Gasteiger partial charge in [0.15, 0.2) is 5.65 Å². The fraction of sp³-hybridized carbons (Fsp3) is 0.333. The van der Waals surface area contributed by atoms with Crippen LogP contribution in [-0.4, -0.2) is 21.1 Å². The highest BCUT2D eigenvalue weighted by Crippen LogP contribution is 2.37. The first kappa shape index (κ1) is 14.7. The number of hydrogen-bond acceptors (Lipinski definition) is 3. The molecule has 1 unspecified atom stereocenters. The van der Waals surface area contributed by atoms with Gasteiger partial charge in [-0.3, -0.25) is 0 Å². The number of rotatable bonds is 2. The van der Waals surface area contributed by atoms with Crippen LogP contribution in [0.4, 0.5) is 5.82 Å². The fourth-order valence-electron chi connectivity index (χ4n) is 3.47. The van der Waals surface area contributed by atoms with Crippen LogP contribution < -0.4 is 4.90 Å². The third kappa shape index (κ3) is 2.53. The largest absolute Gasteiger partial charge is 0.348 e. The summed E-state index contributed by atoms with van der Waals surface area (Å²) in [6, 6.07) is 11.3. The maximum absolute atomic E-state index is 4.78. The molecule has 0 saturated carbocycles. The lowest BCUT2D eigenvalue weighted by molar-refractivity contribution is 0.696. The number of nitrogens with zero attached hydrogens (tertiary/aromatic N) is 4. The smallest absolute Gasteiger partial charge is 0.154 e. The minimum absolute atomic E-state index is 0.405. The second-order valence-electron chi connectivity index (χ2n) is 6.25. The Hall–Kier alpha value is -1.88. The molecule has 2 aromatic heterocycles. The van der Waals surface area contributed by atoms with Gasteiger partial charge in [-0.05, 0) is 65.9 Å². The Labute approximate surface area is 144 Å². The van der Waals surface area contributed by atoms with Crippen molar-refractivity contribution in [2.45, 2.75) is 32.7 Å². The average Bonchev–Trinajstić information content (AvgIpc) is 3.17. The molecule has 4 nitrogen and oxygen atoms in total. The van der Waals surface area contributed by atoms with Crippen molar-refractivity contribution >= 4 is 27.4 Å². The monoisotopic (exact) mass is 370 g/mol. The number of imidazole rings is 1. The molecule has 0 aliphatic carbocycles. The Morgan fingerprint density at radius 2 is 2.04 bits per heavy atom. The summed E-state index contributed by atoms with van der Waals surface area (Å²) in [5.74, 6) is 1.01. The molecule has 0 spiro atoms. The van der Waals surface area contributed by atoms with Crippen LogP contribution in [-0.2, 0) is 0 Å². The highest BCUT2D eigenvalue weighted by Gasteiger charge is 2.28. The average molecular weight is 371 g/mol. The van der Waals surface area contributed by atoms with Crippen LogP contribution in [0.2, 0.25) is 0 Å². The summed E-state index contributed by atoms with van der Waals surface area (Å²) < 4.78 is 2.74. The first-order valence-corrected chi connectivity index (χ1v) is 8.77. The Balaban J connectivity index is 1.76. The van der Waals surface area contributed by atoms with Crippen molar-refractivity contribution in [1.82, 2.24) is 14.6 Å². The van der Waals surface area contributed by atoms with E-state index in [1.807, 2.05) is 10.6 Å². The van der Waals surface area contributed by atoms with E-state index in [1.165, 1.54) is 29.5 Å². The summed E-state index contributed by atoms with van der Waals surface area (Å²) in [6.07, 6.45) is 4.16. The Morgan fingerprint density at radius 1 is 1.17 bits per heavy atom. The number of benzene rings is 1. The van der Waals surface area contributed by atoms with Gasteiger partial charge in [0.25, 0.3) is 0 Å². The Bertz CT molecular complexity index is 871. The van der Waals surface area contributed by atoms with E-state index in [9.17, 15) is 0 Å². The lowest BCUT2D eigenvalue weighted by atomic mass is 9.97. The lowest BCUT2D eigenvalue weighted by Crippen LogP contribution is -2.24. The molecule has 0 amide bonds. The molecule has 0 bridgehead atoms. The zero-order chi connectivity index (χ0) is 16.0. The van der Waals surface area contributed by atoms with Crippen molar-refractivity contribution in [2.75, 3.05) is 11.4 Å². The second kappa shape index (κ2) is 5.64. The summed E-state index contributed by atoms with van der Waals surface area (Å²) in [4.78, 5) is 6.75. The highest BCUT2D eigenvalue weighted by atomic mass is 79.9. The summed E-state index contributed by atoms with van der Waals surface area (Å²) in [6.45, 7) is 5.41. The van der Waals surface area contributed by atoms with Crippen LogP contribution in [0, 0.1) is 13.8 Å². The fourth-order valence-corrected chi connectivity index (χ4v) is 3.84. The first-order valence-electron chi connectivity index (χ1n) is 7.97. The molecule has 0 N–H and O–H groups in total. The van der Waals surface area contributed by atoms with E-state index < -0.39 is 0 Å². The molecule has 0 radical (unpaired) electrons. The van der Waals surface area contributed by atoms with E-state index in [0.717, 1.165) is 22.6 Å². The predicted molar refractivity (Wildman–Crippen MR) is 95.9 cm³/mol. The van der Waals surface area contributed by atoms with Crippen molar-refractivity contribution in [1.29, 1.82) is 0 Å². The topological polar surface area (TPSA) is 33.4 Å². The van der Waals surface area contributed by atoms with Crippen molar-refractivity contribution in [3.63, 3.8) is 0 Å². The van der Waals surface area contributed by atoms with Gasteiger partial charge in [0, 0.05) is 6.54 Å². The van der Waals surface area contributed by atoms with Gasteiger partial charge in [-0.25, -0.2) is 9.50 Å². The molecule has 3 heterocycles. The Morgan fingerprint density at radius 3 is 2.91 bits per heavy atom. The van der Waals surface area contributed by atoms with Crippen LogP contribution in [0.1, 0.15) is 35.6 Å². The van der Waals surface area contributed by atoms with E-state index >= 15 is 0 Å². The summed E-state index contributed by atoms with van der Waals surface area (Å²) in [7, 11) is 0. The Kier molecular flexibility index (Phi) is 3.60. The SMILES string of the molecule is Cc1ccc(C)c(C2CCCN2c2ccc3ncc(Br)n3n2)c1. The normalized spacial score (nSPS) is 18.0. The number of aromatic nitrogens is 3. The quantitative estimate of drug-likeness (QED) is 0.667. The van der Waals surface area contributed by atoms with E-state index in [2.05, 4.69) is 63.9 Å². The van der Waals surface area contributed by atoms with Crippen LogP contribution in [0.3, 0.4) is 0 Å². The zero-order valence-electron chi connectivity index (χ0n) is 13.3. The molecule has 23 heavy (non-hydrogen) atoms. The number of aryl methyl sites for hydroxylation is 2. The van der Waals surface area contributed by atoms with Gasteiger partial charge < -0.3 is 4.90 Å². The van der Waals surface area contributed by atoms with Crippen LogP contribution in [0.25, 0.3) is 5.65 Å². The standard InChI is InChI=1S/C18H19BrN4/c1-12-5-6-13(2)14(10-12)15-4-3-9-22(15)18-8-7-17-20-11-16(19)23(17)21-18/h5-8,10-11,15H,3-4,9H2,1-2H3. The van der Waals surface area contributed by atoms with Gasteiger partial charge in [0.2, 0.25) is 0 Å². The van der Waals surface area contributed by atoms with Crippen LogP contribution in [0.15, 0.2) is 41.1 Å². The minimum Gasteiger partial charge on any atom is -0.348 e. The predicted octanol–water partition coefficient (Wildman–Crippen LogP) is 4.45. The molecule has 1 saturated heterocycles. The molecule has 4 rings (SSSR count). The molecular formula is C18H19BrN4. The van der Waals surface area contributed by atoms with Crippen molar-refractivity contribution in [3.05, 3.63) is 57.8 Å². The second-order valence-corrected chi connectivity index (χ2v) is 7.07. The zero-order valence-corrected chi connectivity index (χ0v) is 14.9. The van der Waals surface area contributed by atoms with E-state index in [1.54, 1.807) is 6.20 Å². The van der Waals surface area contributed by atoms with E-state index in [0.29, 0.717) is 6.04 Å². The van der Waals surface area contributed by atoms with E-state index in [4.69, 9.17) is 5.10 Å². The highest BCUT2D eigenvalue weighted by molar-refractivity contribution is 9.10. The summed E-state index contributed by atoms with van der Waals surface area (Å²) in [5, 5.41) is 4.78. The van der Waals surface area contributed by atoms with Crippen molar-refractivity contribution in [2.24, 2.45) is 0 Å². The molecule has 1 aromatic carbocycles. The summed E-state index contributed by atoms with van der Waals surface area (Å²) >= 11 is 3.51. The van der Waals surface area contributed by atoms with Gasteiger partial charge in [-0.15, -0.1) is 5.10 Å². The minimum atomic E-state index is 0.405. The van der Waals surface area contributed by atoms with Gasteiger partial charge in [-0.2, -0.15) is 0 Å². The van der Waals surface area contributed by atoms with Gasteiger partial charge in [0.05, 0.1) is 12.2 Å². The third-order valence-electron chi connectivity index (χ3n) is 4.65. The molecular weight excluding hydrogens is 352 g/mol. The number of anilines is 1. The molecule has 5 heteroatoms. The third-order valence-corrected chi connectivity index (χ3v) is 5.19. The summed E-state index contributed by atoms with van der Waals surface area (Å²) in [5.41, 5.74) is 4.97. The first-order chi connectivity index (χ1) is 11.1. The number of halogens is 1. The van der Waals surface area contributed by atoms with Crippen LogP contribution in [0.5, 0.6) is 0 Å². The van der Waals surface area contributed by atoms with Crippen molar-refractivity contribution in [3.8, 4) is 0 Å². The molecule has 1 aliphatic rings. The van der Waals surface area contributed by atoms with Gasteiger partial charge in [-0.1, -0.05) is 23.8 Å². The number of hydrogen-bond donors (Lipinski definition) is 0. The lowest BCUT2D eigenvalue weighted by Gasteiger charge is -2.27. The maximum atomic E-state index is 4.78. The molecule has 1 atom stereocenters. The maximum Gasteiger partial charge on any atom is 0.154 e. The van der Waals surface area contributed by atoms with Crippen LogP contribution >= 0.6 is 15.9 Å². The molecule has 1 aliphatic heterocycles. The number of fused-ring (bicyclic) bond motifs is 1.